The number of rotatable bonds is 4. The van der Waals surface area contributed by atoms with Gasteiger partial charge in [0.25, 0.3) is 0 Å². The minimum Gasteiger partial charge on any atom is -0.393 e. The quantitative estimate of drug-likeness (QED) is 0.478. The summed E-state index contributed by atoms with van der Waals surface area (Å²) in [5, 5.41) is 11.1. The van der Waals surface area contributed by atoms with Crippen LogP contribution < -0.4 is 0 Å². The van der Waals surface area contributed by atoms with Crippen molar-refractivity contribution >= 4 is 11.6 Å². The topological polar surface area (TPSA) is 54.4 Å². The van der Waals surface area contributed by atoms with E-state index >= 15 is 0 Å². The third-order valence-corrected chi connectivity index (χ3v) is 9.41. The normalized spacial score (nSPS) is 43.7. The van der Waals surface area contributed by atoms with E-state index in [1.807, 2.05) is 6.08 Å². The van der Waals surface area contributed by atoms with Crippen LogP contribution in [0.1, 0.15) is 86.0 Å². The van der Waals surface area contributed by atoms with E-state index in [0.717, 1.165) is 25.7 Å². The molecule has 4 aliphatic carbocycles. The summed E-state index contributed by atoms with van der Waals surface area (Å²) < 4.78 is 0. The highest BCUT2D eigenvalue weighted by Crippen LogP contribution is 2.66. The summed E-state index contributed by atoms with van der Waals surface area (Å²) in [5.74, 6) is 2.52. The molecule has 1 N–H and O–H groups in total. The molecule has 3 saturated carbocycles. The van der Waals surface area contributed by atoms with Crippen molar-refractivity contribution in [2.45, 2.75) is 92.1 Å². The summed E-state index contributed by atoms with van der Waals surface area (Å²) >= 11 is 0. The van der Waals surface area contributed by atoms with Gasteiger partial charge in [0.1, 0.15) is 5.78 Å². The lowest BCUT2D eigenvalue weighted by atomic mass is 9.48. The number of hydrogen-bond donors (Lipinski definition) is 1. The van der Waals surface area contributed by atoms with E-state index in [2.05, 4.69) is 40.7 Å². The van der Waals surface area contributed by atoms with E-state index in [9.17, 15) is 14.7 Å². The zero-order valence-corrected chi connectivity index (χ0v) is 19.5. The van der Waals surface area contributed by atoms with Gasteiger partial charge in [-0.25, -0.2) is 0 Å². The van der Waals surface area contributed by atoms with Crippen LogP contribution in [0.4, 0.5) is 0 Å². The molecule has 0 saturated heterocycles. The summed E-state index contributed by atoms with van der Waals surface area (Å²) in [5.41, 5.74) is 2.95. The molecule has 4 aliphatic rings. The molecular formula is C27H40O3. The number of fused-ring (bicyclic) bond motifs is 5. The van der Waals surface area contributed by atoms with Gasteiger partial charge >= 0.3 is 0 Å². The second-order valence-electron chi connectivity index (χ2n) is 11.7. The van der Waals surface area contributed by atoms with Crippen molar-refractivity contribution in [1.82, 2.24) is 0 Å². The number of ketones is 2. The molecule has 0 aliphatic heterocycles. The van der Waals surface area contributed by atoms with Gasteiger partial charge in [-0.3, -0.25) is 9.59 Å². The molecule has 0 aromatic heterocycles. The van der Waals surface area contributed by atoms with E-state index in [1.54, 1.807) is 5.57 Å². The maximum absolute atomic E-state index is 12.4. The molecule has 0 heterocycles. The first-order valence-corrected chi connectivity index (χ1v) is 12.2. The Morgan fingerprint density at radius 3 is 2.70 bits per heavy atom. The molecular weight excluding hydrogens is 372 g/mol. The Hall–Kier alpha value is -1.22. The van der Waals surface area contributed by atoms with Crippen LogP contribution in [0.5, 0.6) is 0 Å². The summed E-state index contributed by atoms with van der Waals surface area (Å²) in [7, 11) is 0. The van der Waals surface area contributed by atoms with Gasteiger partial charge in [0.2, 0.25) is 0 Å². The molecule has 3 nitrogen and oxygen atoms in total. The minimum atomic E-state index is -0.368. The van der Waals surface area contributed by atoms with Gasteiger partial charge in [-0.2, -0.15) is 0 Å². The summed E-state index contributed by atoms with van der Waals surface area (Å²) in [6.45, 7) is 11.1. The lowest BCUT2D eigenvalue weighted by Gasteiger charge is -2.57. The predicted octanol–water partition coefficient (Wildman–Crippen LogP) is 5.67. The van der Waals surface area contributed by atoms with Gasteiger partial charge in [-0.05, 0) is 79.6 Å². The molecule has 7 unspecified atom stereocenters. The standard InChI is InChI=1S/C27H40O3/c1-16(2)12-19(29)13-17(3)21-6-7-22-20-15-25(30)24-14-18(28)8-10-27(24,5)23(20)9-11-26(21,22)4/h9,13,16,20-22,24-25,30H,6-8,10-12,14-15H2,1-5H3/b17-13+. The van der Waals surface area contributed by atoms with E-state index < -0.39 is 0 Å². The average Bonchev–Trinajstić information content (AvgIpc) is 3.00. The van der Waals surface area contributed by atoms with Crippen molar-refractivity contribution in [2.24, 2.45) is 40.4 Å². The number of Topliss-reactive ketones (excluding diaryl/α,β-unsaturated/α-hetero) is 1. The van der Waals surface area contributed by atoms with Crippen molar-refractivity contribution < 1.29 is 14.7 Å². The Morgan fingerprint density at radius 2 is 2.00 bits per heavy atom. The highest BCUT2D eigenvalue weighted by atomic mass is 16.3. The molecule has 3 heteroatoms. The molecule has 4 rings (SSSR count). The van der Waals surface area contributed by atoms with Crippen LogP contribution in [-0.4, -0.2) is 22.8 Å². The first-order valence-electron chi connectivity index (χ1n) is 12.2. The summed E-state index contributed by atoms with van der Waals surface area (Å²) in [6, 6.07) is 0. The Morgan fingerprint density at radius 1 is 1.27 bits per heavy atom. The molecule has 166 valence electrons. The fourth-order valence-corrected chi connectivity index (χ4v) is 7.93. The van der Waals surface area contributed by atoms with Crippen LogP contribution in [0, 0.1) is 40.4 Å². The molecule has 30 heavy (non-hydrogen) atoms. The number of aliphatic hydroxyl groups is 1. The maximum Gasteiger partial charge on any atom is 0.155 e. The Labute approximate surface area is 182 Å². The van der Waals surface area contributed by atoms with E-state index in [0.29, 0.717) is 48.7 Å². The van der Waals surface area contributed by atoms with E-state index in [-0.39, 0.29) is 28.6 Å². The van der Waals surface area contributed by atoms with Crippen LogP contribution >= 0.6 is 0 Å². The largest absolute Gasteiger partial charge is 0.393 e. The number of aliphatic hydroxyl groups excluding tert-OH is 1. The average molecular weight is 413 g/mol. The van der Waals surface area contributed by atoms with Gasteiger partial charge in [0.15, 0.2) is 5.78 Å². The summed E-state index contributed by atoms with van der Waals surface area (Å²) in [6.07, 6.45) is 11.0. The number of hydrogen-bond acceptors (Lipinski definition) is 3. The Kier molecular flexibility index (Phi) is 5.66. The van der Waals surface area contributed by atoms with Crippen molar-refractivity contribution in [3.05, 3.63) is 23.3 Å². The third kappa shape index (κ3) is 3.45. The Balaban J connectivity index is 1.62. The second kappa shape index (κ2) is 7.73. The molecule has 0 radical (unpaired) electrons. The van der Waals surface area contributed by atoms with Crippen LogP contribution in [0.3, 0.4) is 0 Å². The van der Waals surface area contributed by atoms with Crippen LogP contribution in [-0.2, 0) is 9.59 Å². The zero-order chi connectivity index (χ0) is 21.8. The minimum absolute atomic E-state index is 0.0201. The first-order chi connectivity index (χ1) is 14.1. The van der Waals surface area contributed by atoms with Gasteiger partial charge in [0.05, 0.1) is 6.10 Å². The fourth-order valence-electron chi connectivity index (χ4n) is 7.93. The molecule has 0 aromatic carbocycles. The predicted molar refractivity (Wildman–Crippen MR) is 120 cm³/mol. The van der Waals surface area contributed by atoms with Crippen LogP contribution in [0.25, 0.3) is 0 Å². The lowest BCUT2D eigenvalue weighted by Crippen LogP contribution is -2.53. The monoisotopic (exact) mass is 412 g/mol. The van der Waals surface area contributed by atoms with Gasteiger partial charge in [0, 0.05) is 25.2 Å². The van der Waals surface area contributed by atoms with E-state index in [4.69, 9.17) is 0 Å². The number of carbonyl (C=O) groups excluding carboxylic acids is 2. The van der Waals surface area contributed by atoms with Gasteiger partial charge in [-0.15, -0.1) is 0 Å². The van der Waals surface area contributed by atoms with Gasteiger partial charge in [-0.1, -0.05) is 44.9 Å². The maximum atomic E-state index is 12.4. The molecule has 3 fully saturated rings. The SMILES string of the molecule is C/C(=C\C(=O)CC(C)C)C1CCC2C3CC(O)C4CC(=O)CCC4(C)C3=CCC12C. The number of allylic oxidation sites excluding steroid dienone is 4. The van der Waals surface area contributed by atoms with Crippen molar-refractivity contribution in [3.8, 4) is 0 Å². The fraction of sp³-hybridized carbons (Fsp3) is 0.778. The van der Waals surface area contributed by atoms with Crippen molar-refractivity contribution in [2.75, 3.05) is 0 Å². The highest BCUT2D eigenvalue weighted by molar-refractivity contribution is 5.90. The molecule has 7 atom stereocenters. The lowest BCUT2D eigenvalue weighted by molar-refractivity contribution is -0.130. The van der Waals surface area contributed by atoms with Crippen LogP contribution in [0.15, 0.2) is 23.3 Å². The molecule has 0 bridgehead atoms. The number of carbonyl (C=O) groups is 2. The van der Waals surface area contributed by atoms with Crippen molar-refractivity contribution in [1.29, 1.82) is 0 Å². The van der Waals surface area contributed by atoms with E-state index in [1.165, 1.54) is 12.0 Å². The van der Waals surface area contributed by atoms with Crippen LogP contribution in [0.2, 0.25) is 0 Å². The summed E-state index contributed by atoms with van der Waals surface area (Å²) in [4.78, 5) is 24.5. The van der Waals surface area contributed by atoms with Crippen molar-refractivity contribution in [3.63, 3.8) is 0 Å². The van der Waals surface area contributed by atoms with Gasteiger partial charge < -0.3 is 5.11 Å². The third-order valence-electron chi connectivity index (χ3n) is 9.41. The first kappa shape index (κ1) is 22.0. The molecule has 0 aromatic rings. The molecule has 0 amide bonds. The highest BCUT2D eigenvalue weighted by Gasteiger charge is 2.59. The zero-order valence-electron chi connectivity index (χ0n) is 19.5. The second-order valence-corrected chi connectivity index (χ2v) is 11.7. The molecule has 0 spiro atoms. The smallest absolute Gasteiger partial charge is 0.155 e. The Bertz CT molecular complexity index is 790.